The van der Waals surface area contributed by atoms with Crippen LogP contribution in [-0.2, 0) is 4.79 Å². The molecule has 7 nitrogen and oxygen atoms in total. The van der Waals surface area contributed by atoms with Crippen molar-refractivity contribution in [2.45, 2.75) is 18.6 Å². The molecular weight excluding hydrogens is 266 g/mol. The number of β-amino-alcohol motifs (C(OH)–C–C–N with tert-alkyl or cyclic N) is 1. The summed E-state index contributed by atoms with van der Waals surface area (Å²) < 4.78 is 4.91. The lowest BCUT2D eigenvalue weighted by atomic mass is 10.1. The molecule has 1 fully saturated rings. The van der Waals surface area contributed by atoms with Gasteiger partial charge in [-0.05, 0) is 12.1 Å². The van der Waals surface area contributed by atoms with Gasteiger partial charge in [0.15, 0.2) is 0 Å². The number of ether oxygens (including phenoxy) is 1. The number of aliphatic hydroxyl groups is 1. The number of phenolic OH excluding ortho intramolecular Hbond substituents is 1. The van der Waals surface area contributed by atoms with Gasteiger partial charge < -0.3 is 25.0 Å². The molecule has 7 heteroatoms. The van der Waals surface area contributed by atoms with E-state index in [1.165, 1.54) is 25.3 Å². The molecule has 0 aromatic heterocycles. The number of carbonyl (C=O) groups excluding carboxylic acids is 1. The zero-order valence-electron chi connectivity index (χ0n) is 10.8. The number of methoxy groups -OCH3 is 1. The Morgan fingerprint density at radius 3 is 2.65 bits per heavy atom. The number of aliphatic carboxylic acids is 1. The van der Waals surface area contributed by atoms with E-state index in [1.807, 2.05) is 0 Å². The Morgan fingerprint density at radius 1 is 1.40 bits per heavy atom. The van der Waals surface area contributed by atoms with Gasteiger partial charge in [0.25, 0.3) is 5.91 Å². The van der Waals surface area contributed by atoms with Crippen LogP contribution in [0.3, 0.4) is 0 Å². The average Bonchev–Trinajstić information content (AvgIpc) is 2.80. The zero-order valence-corrected chi connectivity index (χ0v) is 10.8. The molecule has 1 saturated heterocycles. The van der Waals surface area contributed by atoms with Crippen LogP contribution < -0.4 is 4.74 Å². The van der Waals surface area contributed by atoms with E-state index in [0.717, 1.165) is 4.90 Å². The fraction of sp³-hybridized carbons (Fsp3) is 0.385. The highest BCUT2D eigenvalue weighted by Crippen LogP contribution is 2.27. The van der Waals surface area contributed by atoms with E-state index in [2.05, 4.69) is 0 Å². The Hall–Kier alpha value is -2.28. The highest BCUT2D eigenvalue weighted by Gasteiger charge is 2.39. The van der Waals surface area contributed by atoms with E-state index in [9.17, 15) is 19.8 Å². The second kappa shape index (κ2) is 5.38. The van der Waals surface area contributed by atoms with Gasteiger partial charge >= 0.3 is 5.97 Å². The number of hydrogen-bond donors (Lipinski definition) is 3. The molecule has 0 radical (unpaired) electrons. The highest BCUT2D eigenvalue weighted by molar-refractivity contribution is 5.99. The quantitative estimate of drug-likeness (QED) is 0.723. The highest BCUT2D eigenvalue weighted by atomic mass is 16.5. The Morgan fingerprint density at radius 2 is 2.10 bits per heavy atom. The number of carboxylic acids is 1. The van der Waals surface area contributed by atoms with Crippen molar-refractivity contribution in [3.05, 3.63) is 23.8 Å². The Balaban J connectivity index is 2.29. The summed E-state index contributed by atoms with van der Waals surface area (Å²) in [4.78, 5) is 24.4. The lowest BCUT2D eigenvalue weighted by Crippen LogP contribution is -2.40. The third-order valence-electron chi connectivity index (χ3n) is 3.26. The largest absolute Gasteiger partial charge is 0.507 e. The monoisotopic (exact) mass is 281 g/mol. The number of aromatic hydroxyl groups is 1. The van der Waals surface area contributed by atoms with Crippen LogP contribution in [0.15, 0.2) is 18.2 Å². The molecule has 1 aromatic carbocycles. The molecular formula is C13H15NO6. The molecule has 1 aliphatic heterocycles. The molecule has 0 bridgehead atoms. The minimum Gasteiger partial charge on any atom is -0.507 e. The summed E-state index contributed by atoms with van der Waals surface area (Å²) in [6.45, 7) is -0.0682. The lowest BCUT2D eigenvalue weighted by molar-refractivity contribution is -0.141. The Bertz CT molecular complexity index is 544. The second-order valence-corrected chi connectivity index (χ2v) is 4.58. The molecule has 2 unspecified atom stereocenters. The fourth-order valence-electron chi connectivity index (χ4n) is 2.25. The third kappa shape index (κ3) is 2.53. The van der Waals surface area contributed by atoms with E-state index in [4.69, 9.17) is 9.84 Å². The van der Waals surface area contributed by atoms with Gasteiger partial charge in [-0.3, -0.25) is 4.79 Å². The maximum absolute atomic E-state index is 12.3. The van der Waals surface area contributed by atoms with E-state index < -0.39 is 24.0 Å². The number of phenols is 1. The first kappa shape index (κ1) is 14.1. The van der Waals surface area contributed by atoms with Crippen molar-refractivity contribution in [3.63, 3.8) is 0 Å². The molecule has 3 N–H and O–H groups in total. The summed E-state index contributed by atoms with van der Waals surface area (Å²) in [5, 5.41) is 28.4. The van der Waals surface area contributed by atoms with Crippen LogP contribution >= 0.6 is 0 Å². The molecule has 108 valence electrons. The summed E-state index contributed by atoms with van der Waals surface area (Å²) in [5.74, 6) is -1.72. The number of amides is 1. The summed E-state index contributed by atoms with van der Waals surface area (Å²) in [6, 6.07) is 3.05. The summed E-state index contributed by atoms with van der Waals surface area (Å²) >= 11 is 0. The average molecular weight is 281 g/mol. The van der Waals surface area contributed by atoms with Crippen molar-refractivity contribution in [3.8, 4) is 11.5 Å². The molecule has 0 saturated carbocycles. The van der Waals surface area contributed by atoms with Crippen molar-refractivity contribution < 1.29 is 29.6 Å². The molecule has 1 aromatic rings. The predicted octanol–water partition coefficient (Wildman–Crippen LogP) is 0.0608. The van der Waals surface area contributed by atoms with Crippen molar-refractivity contribution in [1.82, 2.24) is 4.90 Å². The fourth-order valence-corrected chi connectivity index (χ4v) is 2.25. The van der Waals surface area contributed by atoms with Crippen LogP contribution in [0.5, 0.6) is 11.5 Å². The predicted molar refractivity (Wildman–Crippen MR) is 67.7 cm³/mol. The maximum atomic E-state index is 12.3. The van der Waals surface area contributed by atoms with Crippen molar-refractivity contribution in [1.29, 1.82) is 0 Å². The van der Waals surface area contributed by atoms with Crippen LogP contribution in [0.1, 0.15) is 16.8 Å². The van der Waals surface area contributed by atoms with Gasteiger partial charge in [0.1, 0.15) is 17.5 Å². The van der Waals surface area contributed by atoms with E-state index in [-0.39, 0.29) is 24.3 Å². The number of rotatable bonds is 3. The van der Waals surface area contributed by atoms with Crippen LogP contribution in [0.4, 0.5) is 0 Å². The minimum absolute atomic E-state index is 0.0159. The number of carbonyl (C=O) groups is 2. The van der Waals surface area contributed by atoms with E-state index in [1.54, 1.807) is 0 Å². The van der Waals surface area contributed by atoms with Gasteiger partial charge in [-0.25, -0.2) is 4.79 Å². The van der Waals surface area contributed by atoms with Gasteiger partial charge in [-0.1, -0.05) is 0 Å². The van der Waals surface area contributed by atoms with Gasteiger partial charge in [0.2, 0.25) is 0 Å². The second-order valence-electron chi connectivity index (χ2n) is 4.58. The molecule has 1 amide bonds. The molecule has 0 aliphatic carbocycles. The summed E-state index contributed by atoms with van der Waals surface area (Å²) in [6.07, 6.45) is -0.890. The van der Waals surface area contributed by atoms with Crippen LogP contribution in [-0.4, -0.2) is 57.9 Å². The first-order valence-electron chi connectivity index (χ1n) is 6.03. The molecule has 1 heterocycles. The lowest BCUT2D eigenvalue weighted by Gasteiger charge is -2.21. The van der Waals surface area contributed by atoms with Crippen molar-refractivity contribution >= 4 is 11.9 Å². The Kier molecular flexibility index (Phi) is 3.80. The van der Waals surface area contributed by atoms with Gasteiger partial charge in [0.05, 0.1) is 18.8 Å². The van der Waals surface area contributed by atoms with Gasteiger partial charge in [-0.2, -0.15) is 0 Å². The summed E-state index contributed by atoms with van der Waals surface area (Å²) in [7, 11) is 1.42. The first-order valence-corrected chi connectivity index (χ1v) is 6.03. The van der Waals surface area contributed by atoms with E-state index in [0.29, 0.717) is 5.75 Å². The smallest absolute Gasteiger partial charge is 0.326 e. The number of likely N-dealkylation sites (tertiary alicyclic amines) is 1. The van der Waals surface area contributed by atoms with E-state index >= 15 is 0 Å². The summed E-state index contributed by atoms with van der Waals surface area (Å²) in [5.41, 5.74) is -0.0221. The zero-order chi connectivity index (χ0) is 14.9. The Labute approximate surface area is 115 Å². The normalized spacial score (nSPS) is 21.8. The SMILES string of the molecule is COc1ccc(C(=O)N2CC(O)CC2C(=O)O)c(O)c1. The standard InChI is InChI=1S/C13H15NO6/c1-20-8-2-3-9(11(16)5-8)12(17)14-6-7(15)4-10(14)13(18)19/h2-3,5,7,10,15-16H,4,6H2,1H3,(H,18,19). The van der Waals surface area contributed by atoms with Gasteiger partial charge in [0, 0.05) is 19.0 Å². The van der Waals surface area contributed by atoms with Gasteiger partial charge in [-0.15, -0.1) is 0 Å². The van der Waals surface area contributed by atoms with Crippen LogP contribution in [0.25, 0.3) is 0 Å². The van der Waals surface area contributed by atoms with Crippen molar-refractivity contribution in [2.75, 3.05) is 13.7 Å². The third-order valence-corrected chi connectivity index (χ3v) is 3.26. The van der Waals surface area contributed by atoms with Crippen LogP contribution in [0.2, 0.25) is 0 Å². The minimum atomic E-state index is -1.18. The molecule has 0 spiro atoms. The topological polar surface area (TPSA) is 107 Å². The van der Waals surface area contributed by atoms with Crippen LogP contribution in [0, 0.1) is 0 Å². The number of aliphatic hydroxyl groups excluding tert-OH is 1. The number of benzene rings is 1. The molecule has 1 aliphatic rings. The van der Waals surface area contributed by atoms with Crippen molar-refractivity contribution in [2.24, 2.45) is 0 Å². The number of carboxylic acid groups (broad SMARTS) is 1. The maximum Gasteiger partial charge on any atom is 0.326 e. The number of nitrogens with zero attached hydrogens (tertiary/aromatic N) is 1. The molecule has 2 atom stereocenters. The first-order chi connectivity index (χ1) is 9.43. The molecule has 20 heavy (non-hydrogen) atoms. The number of hydrogen-bond acceptors (Lipinski definition) is 5. The molecule has 2 rings (SSSR count).